The predicted molar refractivity (Wildman–Crippen MR) is 128 cm³/mol. The zero-order valence-electron chi connectivity index (χ0n) is 19.9. The number of hydrogen-bond donors (Lipinski definition) is 2. The molecule has 0 bridgehead atoms. The van der Waals surface area contributed by atoms with Gasteiger partial charge >= 0.3 is 5.97 Å². The van der Waals surface area contributed by atoms with Crippen molar-refractivity contribution in [2.24, 2.45) is 0 Å². The number of rotatable bonds is 5. The van der Waals surface area contributed by atoms with Crippen LogP contribution in [0.1, 0.15) is 68.2 Å². The molecule has 1 saturated carbocycles. The van der Waals surface area contributed by atoms with Crippen molar-refractivity contribution in [1.82, 2.24) is 19.7 Å². The maximum Gasteiger partial charge on any atom is 0.335 e. The van der Waals surface area contributed by atoms with Crippen molar-refractivity contribution in [3.63, 3.8) is 0 Å². The molecule has 0 radical (unpaired) electrons. The molecule has 0 saturated heterocycles. The van der Waals surface area contributed by atoms with E-state index < -0.39 is 11.6 Å². The van der Waals surface area contributed by atoms with Crippen molar-refractivity contribution >= 4 is 28.0 Å². The van der Waals surface area contributed by atoms with E-state index in [1.165, 1.54) is 13.2 Å². The molecule has 8 heteroatoms. The number of carbonyl (C=O) groups is 1. The van der Waals surface area contributed by atoms with Gasteiger partial charge in [-0.25, -0.2) is 14.2 Å². The number of fused-ring (bicyclic) bond motifs is 2. The van der Waals surface area contributed by atoms with E-state index in [1.807, 2.05) is 6.07 Å². The summed E-state index contributed by atoms with van der Waals surface area (Å²) in [5.74, 6) is -0.837. The van der Waals surface area contributed by atoms with Gasteiger partial charge in [-0.05, 0) is 74.3 Å². The predicted octanol–water partition coefficient (Wildman–Crippen LogP) is 5.60. The Morgan fingerprint density at radius 1 is 1.29 bits per heavy atom. The van der Waals surface area contributed by atoms with Crippen molar-refractivity contribution in [3.05, 3.63) is 53.1 Å². The zero-order valence-corrected chi connectivity index (χ0v) is 19.9. The zero-order chi connectivity index (χ0) is 24.2. The first-order valence-corrected chi connectivity index (χ1v) is 11.7. The van der Waals surface area contributed by atoms with Crippen LogP contribution in [0.25, 0.3) is 27.8 Å². The van der Waals surface area contributed by atoms with Crippen molar-refractivity contribution in [2.45, 2.75) is 63.9 Å². The summed E-state index contributed by atoms with van der Waals surface area (Å²) in [5.41, 5.74) is 5.13. The van der Waals surface area contributed by atoms with Crippen molar-refractivity contribution in [2.75, 3.05) is 7.11 Å². The number of aliphatic carboxylic acids is 1. The van der Waals surface area contributed by atoms with Gasteiger partial charge in [0.15, 0.2) is 11.2 Å². The first-order chi connectivity index (χ1) is 16.3. The highest BCUT2D eigenvalue weighted by molar-refractivity contribution is 5.93. The monoisotopic (exact) mass is 464 g/mol. The van der Waals surface area contributed by atoms with Gasteiger partial charge in [0.2, 0.25) is 0 Å². The molecule has 34 heavy (non-hydrogen) atoms. The molecule has 0 aliphatic heterocycles. The maximum absolute atomic E-state index is 14.1. The number of aromatic amines is 1. The number of aryl methyl sites for hydroxylation is 1. The number of carboxylic acid groups (broad SMARTS) is 1. The molecule has 5 rings (SSSR count). The highest BCUT2D eigenvalue weighted by Crippen LogP contribution is 2.46. The van der Waals surface area contributed by atoms with E-state index in [0.717, 1.165) is 33.4 Å². The topological polar surface area (TPSA) is 93.0 Å². The van der Waals surface area contributed by atoms with Gasteiger partial charge in [-0.15, -0.1) is 0 Å². The van der Waals surface area contributed by atoms with Crippen molar-refractivity contribution in [3.8, 4) is 5.69 Å². The van der Waals surface area contributed by atoms with Crippen molar-refractivity contribution < 1.29 is 19.0 Å². The number of carboxylic acids is 1. The molecule has 0 unspecified atom stereocenters. The Morgan fingerprint density at radius 3 is 2.65 bits per heavy atom. The highest BCUT2D eigenvalue weighted by atomic mass is 19.1. The van der Waals surface area contributed by atoms with Crippen LogP contribution in [0.2, 0.25) is 0 Å². The summed E-state index contributed by atoms with van der Waals surface area (Å²) in [6.07, 6.45) is 4.00. The molecule has 0 spiro atoms. The number of H-pyrrole nitrogens is 1. The fraction of sp³-hybridized carbons (Fsp3) is 0.423. The molecule has 2 N–H and O–H groups in total. The lowest BCUT2D eigenvalue weighted by molar-refractivity contribution is -0.166. The van der Waals surface area contributed by atoms with Crippen LogP contribution in [0, 0.1) is 12.7 Å². The van der Waals surface area contributed by atoms with E-state index >= 15 is 0 Å². The number of nitrogens with zero attached hydrogens (tertiary/aromatic N) is 3. The third-order valence-corrected chi connectivity index (χ3v) is 7.35. The van der Waals surface area contributed by atoms with Crippen LogP contribution in [0.4, 0.5) is 4.39 Å². The maximum atomic E-state index is 14.1. The minimum Gasteiger partial charge on any atom is -0.479 e. The smallest absolute Gasteiger partial charge is 0.335 e. The van der Waals surface area contributed by atoms with Gasteiger partial charge in [-0.3, -0.25) is 5.10 Å². The quantitative estimate of drug-likeness (QED) is 0.401. The van der Waals surface area contributed by atoms with E-state index in [-0.39, 0.29) is 17.7 Å². The van der Waals surface area contributed by atoms with Gasteiger partial charge in [-0.1, -0.05) is 13.8 Å². The number of methoxy groups -OCH3 is 1. The lowest BCUT2D eigenvalue weighted by Gasteiger charge is -2.36. The van der Waals surface area contributed by atoms with Crippen LogP contribution in [0.5, 0.6) is 0 Å². The van der Waals surface area contributed by atoms with E-state index in [0.29, 0.717) is 36.9 Å². The summed E-state index contributed by atoms with van der Waals surface area (Å²) in [6, 6.07) is 7.25. The average Bonchev–Trinajstić information content (AvgIpc) is 3.41. The van der Waals surface area contributed by atoms with Gasteiger partial charge in [0.05, 0.1) is 17.2 Å². The summed E-state index contributed by atoms with van der Waals surface area (Å²) < 4.78 is 21.8. The largest absolute Gasteiger partial charge is 0.479 e. The molecule has 1 aromatic carbocycles. The second kappa shape index (κ2) is 8.20. The summed E-state index contributed by atoms with van der Waals surface area (Å²) in [7, 11) is 1.48. The molecular formula is C26H29FN4O3. The Bertz CT molecular complexity index is 1400. The van der Waals surface area contributed by atoms with E-state index in [9.17, 15) is 14.3 Å². The molecule has 1 aliphatic rings. The number of halogens is 1. The molecule has 4 aromatic rings. The van der Waals surface area contributed by atoms with Crippen LogP contribution < -0.4 is 0 Å². The third-order valence-electron chi connectivity index (χ3n) is 7.35. The van der Waals surface area contributed by atoms with Gasteiger partial charge in [0.1, 0.15) is 5.82 Å². The van der Waals surface area contributed by atoms with Crippen LogP contribution in [-0.4, -0.2) is 43.5 Å². The first kappa shape index (κ1) is 22.5. The average molecular weight is 465 g/mol. The fourth-order valence-electron chi connectivity index (χ4n) is 5.50. The van der Waals surface area contributed by atoms with E-state index in [4.69, 9.17) is 9.72 Å². The molecule has 0 amide bonds. The molecule has 0 atom stereocenters. The Labute approximate surface area is 196 Å². The van der Waals surface area contributed by atoms with E-state index in [2.05, 4.69) is 34.7 Å². The van der Waals surface area contributed by atoms with Crippen LogP contribution in [0.15, 0.2) is 30.5 Å². The summed E-state index contributed by atoms with van der Waals surface area (Å²) in [5, 5.41) is 17.8. The third kappa shape index (κ3) is 3.39. The van der Waals surface area contributed by atoms with Gasteiger partial charge in [0, 0.05) is 29.4 Å². The Morgan fingerprint density at radius 2 is 2.03 bits per heavy atom. The molecule has 1 fully saturated rings. The second-order valence-electron chi connectivity index (χ2n) is 9.66. The van der Waals surface area contributed by atoms with Gasteiger partial charge in [-0.2, -0.15) is 5.10 Å². The van der Waals surface area contributed by atoms with Crippen LogP contribution in [-0.2, 0) is 9.53 Å². The molecule has 3 heterocycles. The Balaban J connectivity index is 1.75. The molecule has 7 nitrogen and oxygen atoms in total. The number of nitrogens with one attached hydrogen (secondary N) is 1. The second-order valence-corrected chi connectivity index (χ2v) is 9.66. The van der Waals surface area contributed by atoms with Crippen molar-refractivity contribution in [1.29, 1.82) is 0 Å². The summed E-state index contributed by atoms with van der Waals surface area (Å²) >= 11 is 0. The van der Waals surface area contributed by atoms with Gasteiger partial charge in [0.25, 0.3) is 0 Å². The molecule has 1 aliphatic carbocycles. The molecule has 3 aromatic heterocycles. The van der Waals surface area contributed by atoms with Crippen LogP contribution >= 0.6 is 0 Å². The summed E-state index contributed by atoms with van der Waals surface area (Å²) in [6.45, 7) is 6.07. The number of benzene rings is 1. The highest BCUT2D eigenvalue weighted by Gasteiger charge is 2.44. The minimum absolute atomic E-state index is 0.137. The Hall–Kier alpha value is -3.26. The number of hydrogen-bond acceptors (Lipinski definition) is 4. The minimum atomic E-state index is -1.13. The van der Waals surface area contributed by atoms with Gasteiger partial charge < -0.3 is 14.4 Å². The molecular weight excluding hydrogens is 435 g/mol. The number of pyridine rings is 1. The lowest BCUT2D eigenvalue weighted by atomic mass is 9.75. The van der Waals surface area contributed by atoms with Crippen LogP contribution in [0.3, 0.4) is 0 Å². The fourth-order valence-corrected chi connectivity index (χ4v) is 5.50. The molecule has 178 valence electrons. The Kier molecular flexibility index (Phi) is 5.43. The first-order valence-electron chi connectivity index (χ1n) is 11.7. The SMILES string of the molecule is COC1(C(=O)O)CCC(c2c(C(C)C)n(-c3ccc(F)c(C)c3)c3cc4cn[nH]c4nc23)CC1. The summed E-state index contributed by atoms with van der Waals surface area (Å²) in [4.78, 5) is 16.9. The standard InChI is InChI=1S/C26H29FN4O3/c1-14(2)23-21(16-7-9-26(34-4,10-8-16)25(32)33)22-20(12-17-13-28-30-24(17)29-22)31(23)18-5-6-19(27)15(3)11-18/h5-6,11-14,16H,7-10H2,1-4H3,(H,32,33)(H,28,29,30). The number of aromatic nitrogens is 4. The van der Waals surface area contributed by atoms with E-state index in [1.54, 1.807) is 19.2 Å². The lowest BCUT2D eigenvalue weighted by Crippen LogP contribution is -2.43. The number of ether oxygens (including phenoxy) is 1. The normalized spacial score (nSPS) is 21.1.